The van der Waals surface area contributed by atoms with E-state index in [1.807, 2.05) is 13.8 Å². The van der Waals surface area contributed by atoms with Crippen molar-refractivity contribution in [3.63, 3.8) is 0 Å². The van der Waals surface area contributed by atoms with Crippen molar-refractivity contribution in [1.82, 2.24) is 0 Å². The molecule has 0 spiro atoms. The number of carbonyl (C=O) groups excluding carboxylic acids is 1. The van der Waals surface area contributed by atoms with E-state index in [4.69, 9.17) is 10.5 Å². The molecule has 0 heterocycles. The van der Waals surface area contributed by atoms with Gasteiger partial charge in [-0.25, -0.2) is 0 Å². The monoisotopic (exact) mass is 159 g/mol. The Bertz CT molecular complexity index is 115. The molecule has 1 amide bonds. The summed E-state index contributed by atoms with van der Waals surface area (Å²) in [7, 11) is 0. The van der Waals surface area contributed by atoms with E-state index < -0.39 is 0 Å². The molecule has 0 aromatic heterocycles. The van der Waals surface area contributed by atoms with Crippen LogP contribution in [0.5, 0.6) is 0 Å². The summed E-state index contributed by atoms with van der Waals surface area (Å²) in [5, 5.41) is 0. The molecule has 3 nitrogen and oxygen atoms in total. The average Bonchev–Trinajstić information content (AvgIpc) is 1.97. The number of rotatable bonds is 6. The fraction of sp³-hybridized carbons (Fsp3) is 0.875. The molecule has 11 heavy (non-hydrogen) atoms. The van der Waals surface area contributed by atoms with Gasteiger partial charge in [0.25, 0.3) is 0 Å². The lowest BCUT2D eigenvalue weighted by atomic mass is 10.2. The van der Waals surface area contributed by atoms with Gasteiger partial charge >= 0.3 is 0 Å². The molecule has 3 heteroatoms. The number of hydrogen-bond acceptors (Lipinski definition) is 2. The predicted octanol–water partition coefficient (Wildman–Crippen LogP) is 1.07. The minimum Gasteiger partial charge on any atom is -0.368 e. The molecule has 0 aliphatic carbocycles. The van der Waals surface area contributed by atoms with Crippen molar-refractivity contribution >= 4 is 5.91 Å². The first-order valence-corrected chi connectivity index (χ1v) is 4.13. The summed E-state index contributed by atoms with van der Waals surface area (Å²) in [4.78, 5) is 10.7. The van der Waals surface area contributed by atoms with Gasteiger partial charge in [-0.2, -0.15) is 0 Å². The Morgan fingerprint density at radius 2 is 2.09 bits per heavy atom. The zero-order valence-electron chi connectivity index (χ0n) is 7.30. The van der Waals surface area contributed by atoms with Gasteiger partial charge in [-0.15, -0.1) is 0 Å². The molecule has 66 valence electrons. The third kappa shape index (κ3) is 4.79. The van der Waals surface area contributed by atoms with E-state index >= 15 is 0 Å². The number of amides is 1. The molecule has 2 N–H and O–H groups in total. The maximum absolute atomic E-state index is 10.7. The van der Waals surface area contributed by atoms with E-state index in [0.29, 0.717) is 6.61 Å². The van der Waals surface area contributed by atoms with Crippen LogP contribution in [-0.4, -0.2) is 18.6 Å². The first kappa shape index (κ1) is 10.4. The average molecular weight is 159 g/mol. The highest BCUT2D eigenvalue weighted by atomic mass is 16.5. The van der Waals surface area contributed by atoms with E-state index in [9.17, 15) is 4.79 Å². The van der Waals surface area contributed by atoms with Gasteiger partial charge in [0.1, 0.15) is 6.10 Å². The van der Waals surface area contributed by atoms with Crippen LogP contribution in [0.4, 0.5) is 0 Å². The molecule has 1 unspecified atom stereocenters. The highest BCUT2D eigenvalue weighted by Crippen LogP contribution is 2.01. The van der Waals surface area contributed by atoms with E-state index in [2.05, 4.69) is 0 Å². The Morgan fingerprint density at radius 3 is 2.45 bits per heavy atom. The van der Waals surface area contributed by atoms with E-state index in [1.54, 1.807) is 0 Å². The van der Waals surface area contributed by atoms with Crippen LogP contribution in [0.15, 0.2) is 0 Å². The minimum atomic E-state index is -0.375. The normalized spacial score (nSPS) is 12.9. The Labute approximate surface area is 67.9 Å². The Morgan fingerprint density at radius 1 is 1.45 bits per heavy atom. The number of hydrogen-bond donors (Lipinski definition) is 1. The van der Waals surface area contributed by atoms with Crippen molar-refractivity contribution in [1.29, 1.82) is 0 Å². The smallest absolute Gasteiger partial charge is 0.246 e. The van der Waals surface area contributed by atoms with Crippen molar-refractivity contribution in [3.05, 3.63) is 0 Å². The van der Waals surface area contributed by atoms with Crippen LogP contribution in [0, 0.1) is 0 Å². The summed E-state index contributed by atoms with van der Waals surface area (Å²) < 4.78 is 5.22. The van der Waals surface area contributed by atoms with Crippen molar-refractivity contribution in [2.24, 2.45) is 5.73 Å². The molecule has 0 aromatic rings. The van der Waals surface area contributed by atoms with E-state index in [0.717, 1.165) is 19.3 Å². The number of primary amides is 1. The molecule has 0 radical (unpaired) electrons. The lowest BCUT2D eigenvalue weighted by molar-refractivity contribution is -0.129. The zero-order valence-corrected chi connectivity index (χ0v) is 7.30. The van der Waals surface area contributed by atoms with Crippen LogP contribution >= 0.6 is 0 Å². The largest absolute Gasteiger partial charge is 0.368 e. The van der Waals surface area contributed by atoms with E-state index in [1.165, 1.54) is 0 Å². The molecule has 0 bridgehead atoms. The fourth-order valence-electron chi connectivity index (χ4n) is 0.830. The quantitative estimate of drug-likeness (QED) is 0.630. The van der Waals surface area contributed by atoms with Gasteiger partial charge in [-0.3, -0.25) is 4.79 Å². The zero-order chi connectivity index (χ0) is 8.69. The molecule has 0 aromatic carbocycles. The van der Waals surface area contributed by atoms with Gasteiger partial charge in [-0.1, -0.05) is 20.3 Å². The lowest BCUT2D eigenvalue weighted by Gasteiger charge is -2.12. The maximum atomic E-state index is 10.7. The van der Waals surface area contributed by atoms with Crippen molar-refractivity contribution in [2.75, 3.05) is 6.61 Å². The van der Waals surface area contributed by atoms with Gasteiger partial charge in [0, 0.05) is 6.61 Å². The fourth-order valence-corrected chi connectivity index (χ4v) is 0.830. The number of carbonyl (C=O) groups is 1. The van der Waals surface area contributed by atoms with Crippen molar-refractivity contribution in [2.45, 2.75) is 39.2 Å². The van der Waals surface area contributed by atoms with Crippen LogP contribution in [0.25, 0.3) is 0 Å². The third-order valence-electron chi connectivity index (χ3n) is 1.39. The highest BCUT2D eigenvalue weighted by molar-refractivity contribution is 5.78. The van der Waals surface area contributed by atoms with Gasteiger partial charge in [-0.05, 0) is 12.8 Å². The van der Waals surface area contributed by atoms with Crippen LogP contribution in [-0.2, 0) is 9.53 Å². The summed E-state index contributed by atoms with van der Waals surface area (Å²) in [5.74, 6) is -0.347. The molecule has 0 fully saturated rings. The van der Waals surface area contributed by atoms with Crippen molar-refractivity contribution in [3.8, 4) is 0 Å². The minimum absolute atomic E-state index is 0.347. The molecule has 0 aliphatic heterocycles. The van der Waals surface area contributed by atoms with Gasteiger partial charge in [0.05, 0.1) is 0 Å². The molecule has 1 atom stereocenters. The third-order valence-corrected chi connectivity index (χ3v) is 1.39. The lowest BCUT2D eigenvalue weighted by Crippen LogP contribution is -2.31. The second-order valence-electron chi connectivity index (χ2n) is 2.55. The second-order valence-corrected chi connectivity index (χ2v) is 2.55. The molecular weight excluding hydrogens is 142 g/mol. The first-order valence-electron chi connectivity index (χ1n) is 4.13. The first-order chi connectivity index (χ1) is 5.22. The SMILES string of the molecule is CCCOC(CCC)C(N)=O. The number of ether oxygens (including phenoxy) is 1. The summed E-state index contributed by atoms with van der Waals surface area (Å²) in [6.45, 7) is 4.63. The Kier molecular flexibility index (Phi) is 5.84. The Hall–Kier alpha value is -0.570. The summed E-state index contributed by atoms with van der Waals surface area (Å²) >= 11 is 0. The van der Waals surface area contributed by atoms with Crippen LogP contribution in [0.2, 0.25) is 0 Å². The topological polar surface area (TPSA) is 52.3 Å². The molecular formula is C8H17NO2. The van der Waals surface area contributed by atoms with Crippen LogP contribution in [0.3, 0.4) is 0 Å². The summed E-state index contributed by atoms with van der Waals surface area (Å²) in [6, 6.07) is 0. The second kappa shape index (κ2) is 6.16. The maximum Gasteiger partial charge on any atom is 0.246 e. The summed E-state index contributed by atoms with van der Waals surface area (Å²) in [5.41, 5.74) is 5.10. The highest BCUT2D eigenvalue weighted by Gasteiger charge is 2.13. The molecule has 0 rings (SSSR count). The van der Waals surface area contributed by atoms with E-state index in [-0.39, 0.29) is 12.0 Å². The van der Waals surface area contributed by atoms with Crippen molar-refractivity contribution < 1.29 is 9.53 Å². The number of nitrogens with two attached hydrogens (primary N) is 1. The molecule has 0 aliphatic rings. The predicted molar refractivity (Wildman–Crippen MR) is 44.1 cm³/mol. The van der Waals surface area contributed by atoms with Gasteiger partial charge in [0.15, 0.2) is 0 Å². The molecule has 0 saturated heterocycles. The summed E-state index contributed by atoms with van der Waals surface area (Å²) in [6.07, 6.45) is 2.21. The van der Waals surface area contributed by atoms with Gasteiger partial charge < -0.3 is 10.5 Å². The van der Waals surface area contributed by atoms with Crippen LogP contribution < -0.4 is 5.73 Å². The Balaban J connectivity index is 3.60. The standard InChI is InChI=1S/C8H17NO2/c1-3-5-7(8(9)10)11-6-4-2/h7H,3-6H2,1-2H3,(H2,9,10). The van der Waals surface area contributed by atoms with Gasteiger partial charge in [0.2, 0.25) is 5.91 Å². The van der Waals surface area contributed by atoms with Crippen LogP contribution in [0.1, 0.15) is 33.1 Å². The molecule has 0 saturated carbocycles.